The zero-order chi connectivity index (χ0) is 34.1. The molecule has 3 amide bonds. The number of benzene rings is 2. The number of alkyl halides is 3. The Hall–Kier alpha value is -3.50. The van der Waals surface area contributed by atoms with Gasteiger partial charge in [0.25, 0.3) is 11.5 Å². The van der Waals surface area contributed by atoms with E-state index in [1.807, 2.05) is 9.88 Å². The van der Waals surface area contributed by atoms with Gasteiger partial charge in [-0.05, 0) is 90.6 Å². The molecule has 1 unspecified atom stereocenters. The number of aromatic hydroxyl groups is 1. The molecule has 3 fully saturated rings. The number of phenols is 1. The van der Waals surface area contributed by atoms with E-state index in [9.17, 15) is 33.5 Å². The van der Waals surface area contributed by atoms with E-state index in [0.29, 0.717) is 34.1 Å². The van der Waals surface area contributed by atoms with Crippen LogP contribution in [0.2, 0.25) is 10.0 Å². The number of fused-ring (bicyclic) bond motifs is 1. The van der Waals surface area contributed by atoms with Crippen LogP contribution in [0, 0.1) is 11.3 Å². The molecule has 1 aromatic heterocycles. The lowest BCUT2D eigenvalue weighted by atomic mass is 10.0. The molecule has 2 aliphatic carbocycles. The van der Waals surface area contributed by atoms with Crippen LogP contribution in [0.1, 0.15) is 83.2 Å². The number of anilines is 1. The smallest absolute Gasteiger partial charge is 0.362 e. The summed E-state index contributed by atoms with van der Waals surface area (Å²) in [7, 11) is 0. The summed E-state index contributed by atoms with van der Waals surface area (Å²) in [6.45, 7) is 0.972. The zero-order valence-electron chi connectivity index (χ0n) is 25.2. The van der Waals surface area contributed by atoms with Gasteiger partial charge in [0.15, 0.2) is 0 Å². The average Bonchev–Trinajstić information content (AvgIpc) is 3.97. The predicted octanol–water partition coefficient (Wildman–Crippen LogP) is 8.11. The number of aromatic nitrogens is 1. The number of phenolic OH excluding ortho intramolecular Hbond substituents is 1. The fourth-order valence-electron chi connectivity index (χ4n) is 6.55. The fourth-order valence-corrected chi connectivity index (χ4v) is 8.46. The molecule has 0 radical (unpaired) electrons. The topological polar surface area (TPSA) is 121 Å². The summed E-state index contributed by atoms with van der Waals surface area (Å²) < 4.78 is 28.7. The molecular formula is C33H28Cl3F2N5O4S. The van der Waals surface area contributed by atoms with Crippen molar-refractivity contribution < 1.29 is 23.5 Å². The number of rotatable bonds is 8. The fraction of sp³-hybridized carbons (Fsp3) is 0.394. The molecule has 7 rings (SSSR count). The number of nitrogens with zero attached hydrogens (tertiary/aromatic N) is 4. The van der Waals surface area contributed by atoms with E-state index in [2.05, 4.69) is 6.07 Å². The van der Waals surface area contributed by atoms with Crippen LogP contribution in [0.5, 0.6) is 5.75 Å². The van der Waals surface area contributed by atoms with Crippen LogP contribution in [0.4, 0.5) is 19.3 Å². The number of hydrogen-bond donors (Lipinski definition) is 2. The summed E-state index contributed by atoms with van der Waals surface area (Å²) in [5.74, 6) is -0.787. The Labute approximate surface area is 293 Å². The van der Waals surface area contributed by atoms with Gasteiger partial charge in [-0.15, -0.1) is 0 Å². The minimum atomic E-state index is -3.96. The van der Waals surface area contributed by atoms with Gasteiger partial charge >= 0.3 is 11.4 Å². The molecular weight excluding hydrogens is 707 g/mol. The van der Waals surface area contributed by atoms with Crippen molar-refractivity contribution in [2.45, 2.75) is 78.2 Å². The van der Waals surface area contributed by atoms with Gasteiger partial charge in [0.05, 0.1) is 34.3 Å². The van der Waals surface area contributed by atoms with E-state index in [-0.39, 0.29) is 52.3 Å². The first-order valence-corrected chi connectivity index (χ1v) is 17.4. The van der Waals surface area contributed by atoms with Crippen molar-refractivity contribution in [3.63, 3.8) is 0 Å². The first-order valence-electron chi connectivity index (χ1n) is 15.5. The van der Waals surface area contributed by atoms with Gasteiger partial charge in [-0.1, -0.05) is 41.0 Å². The van der Waals surface area contributed by atoms with Crippen molar-refractivity contribution in [1.29, 1.82) is 5.26 Å². The predicted molar refractivity (Wildman–Crippen MR) is 177 cm³/mol. The molecule has 0 bridgehead atoms. The minimum Gasteiger partial charge on any atom is -0.506 e. The summed E-state index contributed by atoms with van der Waals surface area (Å²) in [6.07, 6.45) is 4.28. The standard InChI is InChI=1S/C33H28Cl3F2N5O4S/c34-21-7-6-19(16-2-3-16)28(35)29(21)48-25-14-26(33(36,37)38)40-30(45)27(25)31(46)43-15-17-12-23(24(44)13-20(17)22(43)8-9-39)42-11-1-10-41(32(42)47)18-4-5-18/h6-7,12-14,16,18,22,44H,1-5,8,10-11,15H2,(H,40,45). The van der Waals surface area contributed by atoms with E-state index < -0.39 is 34.1 Å². The molecule has 250 valence electrons. The molecule has 1 saturated heterocycles. The quantitative estimate of drug-likeness (QED) is 0.226. The number of aromatic amines is 1. The van der Waals surface area contributed by atoms with Crippen molar-refractivity contribution in [2.24, 2.45) is 0 Å². The van der Waals surface area contributed by atoms with Crippen LogP contribution in [0.3, 0.4) is 0 Å². The summed E-state index contributed by atoms with van der Waals surface area (Å²) in [6, 6.07) is 8.63. The number of halogens is 5. The minimum absolute atomic E-state index is 0.0716. The van der Waals surface area contributed by atoms with Crippen LogP contribution in [0.15, 0.2) is 44.9 Å². The normalized spacial score (nSPS) is 19.5. The number of pyridine rings is 1. The number of hydrogen-bond acceptors (Lipinski definition) is 6. The Kier molecular flexibility index (Phi) is 8.55. The Morgan fingerprint density at radius 3 is 2.52 bits per heavy atom. The third-order valence-electron chi connectivity index (χ3n) is 9.22. The van der Waals surface area contributed by atoms with Gasteiger partial charge in [0.1, 0.15) is 17.0 Å². The van der Waals surface area contributed by atoms with E-state index >= 15 is 0 Å². The molecule has 2 aromatic carbocycles. The zero-order valence-corrected chi connectivity index (χ0v) is 28.3. The average molecular weight is 735 g/mol. The monoisotopic (exact) mass is 733 g/mol. The van der Waals surface area contributed by atoms with Gasteiger partial charge in [-0.3, -0.25) is 14.5 Å². The third-order valence-corrected chi connectivity index (χ3v) is 11.5. The van der Waals surface area contributed by atoms with Gasteiger partial charge < -0.3 is 19.9 Å². The van der Waals surface area contributed by atoms with Crippen LogP contribution >= 0.6 is 46.6 Å². The molecule has 2 N–H and O–H groups in total. The van der Waals surface area contributed by atoms with Crippen LogP contribution in [0.25, 0.3) is 0 Å². The maximum absolute atomic E-state index is 14.4. The molecule has 0 spiro atoms. The Bertz CT molecular complexity index is 1960. The van der Waals surface area contributed by atoms with Crippen LogP contribution in [-0.4, -0.2) is 51.0 Å². The largest absolute Gasteiger partial charge is 0.506 e. The van der Waals surface area contributed by atoms with E-state index in [0.717, 1.165) is 55.5 Å². The van der Waals surface area contributed by atoms with Crippen molar-refractivity contribution >= 4 is 64.2 Å². The number of amides is 3. The molecule has 1 atom stereocenters. The van der Waals surface area contributed by atoms with E-state index in [1.165, 1.54) is 15.9 Å². The number of carbonyl (C=O) groups is 2. The molecule has 2 saturated carbocycles. The number of H-pyrrole nitrogens is 1. The SMILES string of the molecule is N#CCC1c2cc(O)c(N3CCCN(C4CC4)C3=O)cc2CN1C(=O)c1c(Sc2c(Cl)ccc(C3CC3)c2Cl)cc(C(F)(F)Cl)[nH]c1=O. The molecule has 3 aromatic rings. The maximum atomic E-state index is 14.4. The number of nitrogens with one attached hydrogen (secondary N) is 1. The highest BCUT2D eigenvalue weighted by molar-refractivity contribution is 7.99. The number of carbonyl (C=O) groups excluding carboxylic acids is 2. The molecule has 48 heavy (non-hydrogen) atoms. The van der Waals surface area contributed by atoms with Crippen molar-refractivity contribution in [3.8, 4) is 11.8 Å². The van der Waals surface area contributed by atoms with E-state index in [1.54, 1.807) is 18.2 Å². The van der Waals surface area contributed by atoms with Gasteiger partial charge in [-0.2, -0.15) is 14.0 Å². The van der Waals surface area contributed by atoms with Crippen molar-refractivity contribution in [3.05, 3.63) is 78.7 Å². The first kappa shape index (κ1) is 33.0. The second-order valence-corrected chi connectivity index (χ2v) is 14.8. The first-order chi connectivity index (χ1) is 22.9. The lowest BCUT2D eigenvalue weighted by molar-refractivity contribution is 0.0684. The van der Waals surface area contributed by atoms with E-state index in [4.69, 9.17) is 34.8 Å². The Morgan fingerprint density at radius 2 is 1.85 bits per heavy atom. The highest BCUT2D eigenvalue weighted by Gasteiger charge is 2.41. The van der Waals surface area contributed by atoms with Gasteiger partial charge in [0, 0.05) is 35.5 Å². The van der Waals surface area contributed by atoms with Gasteiger partial charge in [-0.25, -0.2) is 4.79 Å². The maximum Gasteiger partial charge on any atom is 0.362 e. The summed E-state index contributed by atoms with van der Waals surface area (Å²) >= 11 is 19.4. The number of urea groups is 1. The van der Waals surface area contributed by atoms with Gasteiger partial charge in [0.2, 0.25) is 0 Å². The summed E-state index contributed by atoms with van der Waals surface area (Å²) in [5, 5.41) is 17.4. The second-order valence-electron chi connectivity index (χ2n) is 12.5. The Balaban J connectivity index is 1.27. The highest BCUT2D eigenvalue weighted by Crippen LogP contribution is 2.50. The third kappa shape index (κ3) is 5.99. The van der Waals surface area contributed by atoms with Crippen molar-refractivity contribution in [1.82, 2.24) is 14.8 Å². The molecule has 9 nitrogen and oxygen atoms in total. The lowest BCUT2D eigenvalue weighted by Crippen LogP contribution is -2.50. The van der Waals surface area contributed by atoms with Crippen LogP contribution in [-0.2, 0) is 11.9 Å². The number of nitriles is 1. The Morgan fingerprint density at radius 1 is 1.10 bits per heavy atom. The van der Waals surface area contributed by atoms with Crippen molar-refractivity contribution in [2.75, 3.05) is 18.0 Å². The second kappa shape index (κ2) is 12.4. The molecule has 15 heteroatoms. The summed E-state index contributed by atoms with van der Waals surface area (Å²) in [5.41, 5.74) is -0.315. The molecule has 4 aliphatic rings. The van der Waals surface area contributed by atoms with Crippen LogP contribution < -0.4 is 10.5 Å². The molecule has 2 aliphatic heterocycles. The molecule has 3 heterocycles. The lowest BCUT2D eigenvalue weighted by Gasteiger charge is -2.36. The highest BCUT2D eigenvalue weighted by atomic mass is 35.5. The summed E-state index contributed by atoms with van der Waals surface area (Å²) in [4.78, 5) is 48.0.